The fourth-order valence-corrected chi connectivity index (χ4v) is 1.98. The highest BCUT2D eigenvalue weighted by atomic mass is 16.3. The molecule has 3 heteroatoms. The third kappa shape index (κ3) is 3.56. The number of aliphatic hydroxyl groups excluding tert-OH is 1. The molecule has 0 spiro atoms. The number of hydrogen-bond acceptors (Lipinski definition) is 3. The van der Waals surface area contributed by atoms with E-state index in [2.05, 4.69) is 5.32 Å². The lowest BCUT2D eigenvalue weighted by molar-refractivity contribution is 0.135. The van der Waals surface area contributed by atoms with E-state index >= 15 is 0 Å². The van der Waals surface area contributed by atoms with Gasteiger partial charge in [0.15, 0.2) is 0 Å². The number of aliphatic hydroxyl groups is 1. The number of aromatic hydroxyl groups is 1. The van der Waals surface area contributed by atoms with Crippen molar-refractivity contribution in [3.8, 4) is 5.75 Å². The number of phenols is 1. The highest BCUT2D eigenvalue weighted by molar-refractivity contribution is 5.31. The third-order valence-electron chi connectivity index (χ3n) is 3.22. The molecule has 0 amide bonds. The molecule has 0 bridgehead atoms. The summed E-state index contributed by atoms with van der Waals surface area (Å²) in [6, 6.07) is 16.7. The summed E-state index contributed by atoms with van der Waals surface area (Å²) in [6.07, 6.45) is -0.563. The lowest BCUT2D eigenvalue weighted by atomic mass is 10.0. The molecule has 0 radical (unpaired) electrons. The Hall–Kier alpha value is -1.84. The molecule has 0 unspecified atom stereocenters. The van der Waals surface area contributed by atoms with Gasteiger partial charge in [0.25, 0.3) is 0 Å². The zero-order chi connectivity index (χ0) is 13.7. The van der Waals surface area contributed by atoms with Gasteiger partial charge < -0.3 is 15.5 Å². The summed E-state index contributed by atoms with van der Waals surface area (Å²) in [6.45, 7) is 2.45. The molecule has 100 valence electrons. The Bertz CT molecular complexity index is 513. The maximum atomic E-state index is 10.2. The van der Waals surface area contributed by atoms with Gasteiger partial charge >= 0.3 is 0 Å². The van der Waals surface area contributed by atoms with E-state index in [0.717, 1.165) is 11.1 Å². The molecule has 0 aliphatic rings. The first kappa shape index (κ1) is 13.6. The van der Waals surface area contributed by atoms with E-state index < -0.39 is 6.10 Å². The zero-order valence-corrected chi connectivity index (χ0v) is 11.0. The second-order valence-corrected chi connectivity index (χ2v) is 4.65. The van der Waals surface area contributed by atoms with Gasteiger partial charge in [0, 0.05) is 18.2 Å². The molecule has 0 heterocycles. The molecule has 0 aliphatic heterocycles. The van der Waals surface area contributed by atoms with Crippen molar-refractivity contribution in [1.29, 1.82) is 0 Å². The van der Waals surface area contributed by atoms with Crippen LogP contribution in [0, 0.1) is 0 Å². The van der Waals surface area contributed by atoms with Crippen LogP contribution in [0.2, 0.25) is 0 Å². The molecule has 0 saturated carbocycles. The Morgan fingerprint density at radius 3 is 2.32 bits per heavy atom. The van der Waals surface area contributed by atoms with Crippen LogP contribution in [-0.2, 0) is 6.54 Å². The number of benzene rings is 2. The normalized spacial score (nSPS) is 14.0. The quantitative estimate of drug-likeness (QED) is 0.771. The molecule has 3 N–H and O–H groups in total. The van der Waals surface area contributed by atoms with Crippen molar-refractivity contribution in [2.75, 3.05) is 0 Å². The second kappa shape index (κ2) is 6.36. The number of para-hydroxylation sites is 1. The predicted octanol–water partition coefficient (Wildman–Crippen LogP) is 2.60. The molecule has 0 aromatic heterocycles. The predicted molar refractivity (Wildman–Crippen MR) is 75.8 cm³/mol. The van der Waals surface area contributed by atoms with E-state index in [-0.39, 0.29) is 11.8 Å². The summed E-state index contributed by atoms with van der Waals surface area (Å²) in [5.41, 5.74) is 1.72. The molecular formula is C16H19NO2. The molecule has 2 aromatic rings. The Morgan fingerprint density at radius 2 is 1.63 bits per heavy atom. The van der Waals surface area contributed by atoms with Crippen molar-refractivity contribution < 1.29 is 10.2 Å². The van der Waals surface area contributed by atoms with E-state index in [0.29, 0.717) is 6.54 Å². The van der Waals surface area contributed by atoms with Crippen LogP contribution in [-0.4, -0.2) is 16.3 Å². The van der Waals surface area contributed by atoms with Gasteiger partial charge in [-0.05, 0) is 18.6 Å². The van der Waals surface area contributed by atoms with Crippen molar-refractivity contribution in [3.05, 3.63) is 65.7 Å². The highest BCUT2D eigenvalue weighted by Crippen LogP contribution is 2.18. The monoisotopic (exact) mass is 257 g/mol. The van der Waals surface area contributed by atoms with Crippen LogP contribution in [0.5, 0.6) is 5.75 Å². The van der Waals surface area contributed by atoms with E-state index in [1.54, 1.807) is 12.1 Å². The Kier molecular flexibility index (Phi) is 4.55. The molecule has 3 nitrogen and oxygen atoms in total. The average Bonchev–Trinajstić information content (AvgIpc) is 2.46. The van der Waals surface area contributed by atoms with Crippen molar-refractivity contribution in [1.82, 2.24) is 5.32 Å². The zero-order valence-electron chi connectivity index (χ0n) is 11.0. The first-order chi connectivity index (χ1) is 9.18. The lowest BCUT2D eigenvalue weighted by Gasteiger charge is -2.21. The van der Waals surface area contributed by atoms with Crippen LogP contribution in [0.1, 0.15) is 24.2 Å². The molecule has 0 aliphatic carbocycles. The number of rotatable bonds is 5. The Labute approximate surface area is 113 Å². The summed E-state index contributed by atoms with van der Waals surface area (Å²) in [7, 11) is 0. The first-order valence-electron chi connectivity index (χ1n) is 6.41. The van der Waals surface area contributed by atoms with Gasteiger partial charge in [-0.3, -0.25) is 0 Å². The van der Waals surface area contributed by atoms with Crippen LogP contribution in [0.3, 0.4) is 0 Å². The standard InChI is InChI=1S/C16H19NO2/c1-12(16(19)13-7-3-2-4-8-13)17-11-14-9-5-6-10-15(14)18/h2-10,12,16-19H,11H2,1H3/t12-,16+/m1/s1. The van der Waals surface area contributed by atoms with Crippen LogP contribution >= 0.6 is 0 Å². The largest absolute Gasteiger partial charge is 0.508 e. The minimum atomic E-state index is -0.563. The molecular weight excluding hydrogens is 238 g/mol. The van der Waals surface area contributed by atoms with Crippen LogP contribution < -0.4 is 5.32 Å². The topological polar surface area (TPSA) is 52.5 Å². The maximum absolute atomic E-state index is 10.2. The van der Waals surface area contributed by atoms with Gasteiger partial charge in [-0.1, -0.05) is 48.5 Å². The third-order valence-corrected chi connectivity index (χ3v) is 3.22. The molecule has 2 rings (SSSR count). The Morgan fingerprint density at radius 1 is 1.00 bits per heavy atom. The van der Waals surface area contributed by atoms with E-state index in [1.807, 2.05) is 49.4 Å². The van der Waals surface area contributed by atoms with Crippen molar-refractivity contribution in [2.24, 2.45) is 0 Å². The first-order valence-corrected chi connectivity index (χ1v) is 6.41. The van der Waals surface area contributed by atoms with Crippen molar-refractivity contribution >= 4 is 0 Å². The van der Waals surface area contributed by atoms with E-state index in [4.69, 9.17) is 0 Å². The summed E-state index contributed by atoms with van der Waals surface area (Å²) >= 11 is 0. The van der Waals surface area contributed by atoms with E-state index in [1.165, 1.54) is 0 Å². The van der Waals surface area contributed by atoms with Gasteiger partial charge in [-0.25, -0.2) is 0 Å². The highest BCUT2D eigenvalue weighted by Gasteiger charge is 2.15. The fraction of sp³-hybridized carbons (Fsp3) is 0.250. The fourth-order valence-electron chi connectivity index (χ4n) is 1.98. The SMILES string of the molecule is C[C@@H](NCc1ccccc1O)[C@H](O)c1ccccc1. The van der Waals surface area contributed by atoms with Crippen LogP contribution in [0.25, 0.3) is 0 Å². The minimum absolute atomic E-state index is 0.0954. The number of phenolic OH excluding ortho intramolecular Hbond substituents is 1. The summed E-state index contributed by atoms with van der Waals surface area (Å²) < 4.78 is 0. The van der Waals surface area contributed by atoms with Gasteiger partial charge in [0.05, 0.1) is 6.10 Å². The van der Waals surface area contributed by atoms with Gasteiger partial charge in [0.2, 0.25) is 0 Å². The smallest absolute Gasteiger partial charge is 0.120 e. The second-order valence-electron chi connectivity index (χ2n) is 4.65. The molecule has 0 saturated heterocycles. The van der Waals surface area contributed by atoms with Gasteiger partial charge in [-0.15, -0.1) is 0 Å². The lowest BCUT2D eigenvalue weighted by Crippen LogP contribution is -2.31. The van der Waals surface area contributed by atoms with Crippen molar-refractivity contribution in [3.63, 3.8) is 0 Å². The summed E-state index contributed by atoms with van der Waals surface area (Å²) in [5.74, 6) is 0.274. The van der Waals surface area contributed by atoms with Gasteiger partial charge in [-0.2, -0.15) is 0 Å². The van der Waals surface area contributed by atoms with Crippen molar-refractivity contribution in [2.45, 2.75) is 25.6 Å². The van der Waals surface area contributed by atoms with E-state index in [9.17, 15) is 10.2 Å². The molecule has 2 atom stereocenters. The van der Waals surface area contributed by atoms with Crippen LogP contribution in [0.15, 0.2) is 54.6 Å². The number of hydrogen-bond donors (Lipinski definition) is 3. The average molecular weight is 257 g/mol. The molecule has 19 heavy (non-hydrogen) atoms. The summed E-state index contributed by atoms with van der Waals surface area (Å²) in [5, 5.41) is 23.1. The summed E-state index contributed by atoms with van der Waals surface area (Å²) in [4.78, 5) is 0. The maximum Gasteiger partial charge on any atom is 0.120 e. The Balaban J connectivity index is 1.95. The minimum Gasteiger partial charge on any atom is -0.508 e. The van der Waals surface area contributed by atoms with Crippen LogP contribution in [0.4, 0.5) is 0 Å². The molecule has 2 aromatic carbocycles. The van der Waals surface area contributed by atoms with Gasteiger partial charge in [0.1, 0.15) is 5.75 Å². The molecule has 0 fully saturated rings. The number of nitrogens with one attached hydrogen (secondary N) is 1.